The minimum absolute atomic E-state index is 0.189. The fourth-order valence-corrected chi connectivity index (χ4v) is 4.97. The maximum atomic E-state index is 12.6. The number of fused-ring (bicyclic) bond motifs is 1. The van der Waals surface area contributed by atoms with E-state index in [0.29, 0.717) is 6.04 Å². The first kappa shape index (κ1) is 18.2. The van der Waals surface area contributed by atoms with Gasteiger partial charge < -0.3 is 11.1 Å². The molecule has 1 amide bonds. The van der Waals surface area contributed by atoms with Crippen LogP contribution in [0.2, 0.25) is 0 Å². The Morgan fingerprint density at radius 1 is 1.15 bits per heavy atom. The van der Waals surface area contributed by atoms with Gasteiger partial charge in [-0.05, 0) is 37.0 Å². The first-order valence-electron chi connectivity index (χ1n) is 9.88. The lowest BCUT2D eigenvalue weighted by molar-refractivity contribution is -0.130. The number of hydrogen-bond acceptors (Lipinski definition) is 3. The number of amides is 1. The van der Waals surface area contributed by atoms with Crippen molar-refractivity contribution in [3.63, 3.8) is 0 Å². The second-order valence-electron chi connectivity index (χ2n) is 8.32. The largest absolute Gasteiger partial charge is 0.368 e. The average molecular weight is 364 g/mol. The summed E-state index contributed by atoms with van der Waals surface area (Å²) in [4.78, 5) is 15.0. The molecular weight excluding hydrogens is 334 g/mol. The smallest absolute Gasteiger partial charge is 0.238 e. The van der Waals surface area contributed by atoms with Gasteiger partial charge in [-0.3, -0.25) is 9.69 Å². The maximum absolute atomic E-state index is 12.6. The summed E-state index contributed by atoms with van der Waals surface area (Å²) >= 11 is 0. The van der Waals surface area contributed by atoms with Crippen molar-refractivity contribution in [1.82, 2.24) is 10.2 Å². The molecule has 27 heavy (non-hydrogen) atoms. The third-order valence-electron chi connectivity index (χ3n) is 6.17. The number of primary amides is 1. The van der Waals surface area contributed by atoms with Crippen molar-refractivity contribution >= 4 is 5.91 Å². The number of piperazine rings is 1. The number of aryl methyl sites for hydroxylation is 2. The molecule has 1 unspecified atom stereocenters. The number of nitrogens with one attached hydrogen (secondary N) is 1. The Kier molecular flexibility index (Phi) is 4.79. The summed E-state index contributed by atoms with van der Waals surface area (Å²) in [5.41, 5.74) is 11.9. The number of benzene rings is 2. The van der Waals surface area contributed by atoms with E-state index in [0.717, 1.165) is 38.9 Å². The third kappa shape index (κ3) is 3.52. The van der Waals surface area contributed by atoms with Crippen LogP contribution in [-0.2, 0) is 24.1 Å². The molecule has 0 bridgehead atoms. The van der Waals surface area contributed by atoms with Gasteiger partial charge >= 0.3 is 0 Å². The SMILES string of the molecule is Cc1cc(C)cc(CC2CN(C3(C(N)=O)Cc4ccccc4C3)CCN2)c1. The lowest BCUT2D eigenvalue weighted by Crippen LogP contribution is -2.65. The number of rotatable bonds is 4. The van der Waals surface area contributed by atoms with Crippen molar-refractivity contribution < 1.29 is 4.79 Å². The van der Waals surface area contributed by atoms with E-state index < -0.39 is 5.54 Å². The zero-order chi connectivity index (χ0) is 19.0. The van der Waals surface area contributed by atoms with Crippen LogP contribution in [-0.4, -0.2) is 42.0 Å². The Labute approximate surface area is 161 Å². The summed E-state index contributed by atoms with van der Waals surface area (Å²) in [6.07, 6.45) is 2.43. The standard InChI is InChI=1S/C23H29N3O/c1-16-9-17(2)11-18(10-16)12-21-15-26(8-7-25-21)23(22(24)27)13-19-5-3-4-6-20(19)14-23/h3-6,9-11,21,25H,7-8,12-15H2,1-2H3,(H2,24,27). The average Bonchev–Trinajstić information content (AvgIpc) is 3.02. The molecule has 3 N–H and O–H groups in total. The summed E-state index contributed by atoms with van der Waals surface area (Å²) in [5.74, 6) is -0.189. The fourth-order valence-electron chi connectivity index (χ4n) is 4.97. The van der Waals surface area contributed by atoms with E-state index in [-0.39, 0.29) is 5.91 Å². The molecule has 4 nitrogen and oxygen atoms in total. The Balaban J connectivity index is 1.54. The van der Waals surface area contributed by atoms with Gasteiger partial charge in [-0.2, -0.15) is 0 Å². The first-order valence-corrected chi connectivity index (χ1v) is 9.88. The van der Waals surface area contributed by atoms with Crippen LogP contribution in [0.3, 0.4) is 0 Å². The molecule has 1 atom stereocenters. The highest BCUT2D eigenvalue weighted by atomic mass is 16.1. The predicted octanol–water partition coefficient (Wildman–Crippen LogP) is 2.14. The molecule has 2 aromatic rings. The van der Waals surface area contributed by atoms with Gasteiger partial charge in [-0.1, -0.05) is 53.6 Å². The van der Waals surface area contributed by atoms with E-state index in [9.17, 15) is 4.79 Å². The highest BCUT2D eigenvalue weighted by Gasteiger charge is 2.48. The zero-order valence-electron chi connectivity index (χ0n) is 16.3. The molecule has 4 heteroatoms. The van der Waals surface area contributed by atoms with E-state index in [1.807, 2.05) is 0 Å². The van der Waals surface area contributed by atoms with Crippen molar-refractivity contribution in [3.8, 4) is 0 Å². The van der Waals surface area contributed by atoms with Crippen molar-refractivity contribution in [3.05, 3.63) is 70.3 Å². The molecule has 1 fully saturated rings. The molecule has 2 aliphatic rings. The number of nitrogens with two attached hydrogens (primary N) is 1. The van der Waals surface area contributed by atoms with E-state index >= 15 is 0 Å². The Morgan fingerprint density at radius 3 is 2.37 bits per heavy atom. The highest BCUT2D eigenvalue weighted by Crippen LogP contribution is 2.35. The number of hydrogen-bond donors (Lipinski definition) is 2. The summed E-state index contributed by atoms with van der Waals surface area (Å²) in [6, 6.07) is 15.4. The van der Waals surface area contributed by atoms with Crippen molar-refractivity contribution in [1.29, 1.82) is 0 Å². The quantitative estimate of drug-likeness (QED) is 0.875. The molecule has 1 heterocycles. The van der Waals surface area contributed by atoms with Gasteiger partial charge in [0.25, 0.3) is 0 Å². The van der Waals surface area contributed by atoms with Crippen LogP contribution in [0.1, 0.15) is 27.8 Å². The van der Waals surface area contributed by atoms with E-state index in [4.69, 9.17) is 5.73 Å². The molecule has 1 saturated heterocycles. The molecule has 2 aromatic carbocycles. The minimum atomic E-state index is -0.577. The summed E-state index contributed by atoms with van der Waals surface area (Å²) in [7, 11) is 0. The van der Waals surface area contributed by atoms with Gasteiger partial charge in [0.1, 0.15) is 5.54 Å². The first-order chi connectivity index (χ1) is 13.0. The van der Waals surface area contributed by atoms with Crippen LogP contribution >= 0.6 is 0 Å². The molecule has 0 radical (unpaired) electrons. The second-order valence-corrected chi connectivity index (χ2v) is 8.32. The Morgan fingerprint density at radius 2 is 1.78 bits per heavy atom. The van der Waals surface area contributed by atoms with Crippen molar-refractivity contribution in [2.45, 2.75) is 44.7 Å². The van der Waals surface area contributed by atoms with Gasteiger partial charge in [0.15, 0.2) is 0 Å². The van der Waals surface area contributed by atoms with Gasteiger partial charge in [0, 0.05) is 38.5 Å². The molecule has 1 aliphatic heterocycles. The number of carbonyl (C=O) groups is 1. The van der Waals surface area contributed by atoms with Crippen molar-refractivity contribution in [2.75, 3.05) is 19.6 Å². The molecule has 1 aliphatic carbocycles. The Hall–Kier alpha value is -2.17. The van der Waals surface area contributed by atoms with Crippen LogP contribution in [0.5, 0.6) is 0 Å². The molecular formula is C23H29N3O. The number of nitrogens with zero attached hydrogens (tertiary/aromatic N) is 1. The zero-order valence-corrected chi connectivity index (χ0v) is 16.3. The van der Waals surface area contributed by atoms with Crippen LogP contribution in [0.15, 0.2) is 42.5 Å². The summed E-state index contributed by atoms with van der Waals surface area (Å²) in [5, 5.41) is 3.64. The molecule has 0 saturated carbocycles. The van der Waals surface area contributed by atoms with Crippen LogP contribution in [0.4, 0.5) is 0 Å². The van der Waals surface area contributed by atoms with Crippen molar-refractivity contribution in [2.24, 2.45) is 5.73 Å². The predicted molar refractivity (Wildman–Crippen MR) is 109 cm³/mol. The minimum Gasteiger partial charge on any atom is -0.368 e. The second kappa shape index (κ2) is 7.10. The normalized spacial score (nSPS) is 21.8. The van der Waals surface area contributed by atoms with Gasteiger partial charge in [0.2, 0.25) is 5.91 Å². The molecule has 142 valence electrons. The van der Waals surface area contributed by atoms with Crippen LogP contribution in [0.25, 0.3) is 0 Å². The monoisotopic (exact) mass is 363 g/mol. The summed E-state index contributed by atoms with van der Waals surface area (Å²) in [6.45, 7) is 6.90. The van der Waals surface area contributed by atoms with E-state index in [1.165, 1.54) is 27.8 Å². The highest BCUT2D eigenvalue weighted by molar-refractivity contribution is 5.86. The molecule has 0 aromatic heterocycles. The lowest BCUT2D eigenvalue weighted by atomic mass is 9.90. The number of carbonyl (C=O) groups excluding carboxylic acids is 1. The van der Waals surface area contributed by atoms with E-state index in [1.54, 1.807) is 0 Å². The van der Waals surface area contributed by atoms with Crippen LogP contribution in [0, 0.1) is 13.8 Å². The Bertz CT molecular complexity index is 815. The van der Waals surface area contributed by atoms with Crippen LogP contribution < -0.4 is 11.1 Å². The third-order valence-corrected chi connectivity index (χ3v) is 6.17. The van der Waals surface area contributed by atoms with Gasteiger partial charge in [0.05, 0.1) is 0 Å². The lowest BCUT2D eigenvalue weighted by Gasteiger charge is -2.44. The maximum Gasteiger partial charge on any atom is 0.238 e. The van der Waals surface area contributed by atoms with Gasteiger partial charge in [-0.15, -0.1) is 0 Å². The fraction of sp³-hybridized carbons (Fsp3) is 0.435. The van der Waals surface area contributed by atoms with Gasteiger partial charge in [-0.25, -0.2) is 0 Å². The summed E-state index contributed by atoms with van der Waals surface area (Å²) < 4.78 is 0. The topological polar surface area (TPSA) is 58.4 Å². The molecule has 4 rings (SSSR count). The molecule has 0 spiro atoms. The van der Waals surface area contributed by atoms with E-state index in [2.05, 4.69) is 66.5 Å².